The molecule has 0 N–H and O–H groups in total. The van der Waals surface area contributed by atoms with E-state index in [0.29, 0.717) is 0 Å². The average Bonchev–Trinajstić information content (AvgIpc) is 2.84. The van der Waals surface area contributed by atoms with Gasteiger partial charge in [-0.15, -0.1) is 12.1 Å². The van der Waals surface area contributed by atoms with Crippen molar-refractivity contribution < 1.29 is 22.3 Å². The summed E-state index contributed by atoms with van der Waals surface area (Å²) >= 11 is 0. The lowest BCUT2D eigenvalue weighted by atomic mass is 10.1. The number of methoxy groups -OCH3 is 1. The summed E-state index contributed by atoms with van der Waals surface area (Å²) in [6, 6.07) is 6.01. The third kappa shape index (κ3) is 1.67. The zero-order valence-corrected chi connectivity index (χ0v) is 8.73. The van der Waals surface area contributed by atoms with Gasteiger partial charge in [0, 0.05) is 0 Å². The van der Waals surface area contributed by atoms with Crippen molar-refractivity contribution in [1.82, 2.24) is 0 Å². The quantitative estimate of drug-likeness (QED) is 0.338. The molecule has 2 aromatic rings. The van der Waals surface area contributed by atoms with E-state index in [1.807, 2.05) is 0 Å². The Hall–Kier alpha value is -1.91. The molecule has 0 aliphatic heterocycles. The SMILES string of the molecule is COc1c(F)c(F)c(F)c(F)c1-[c-]1cccc1. The van der Waals surface area contributed by atoms with Gasteiger partial charge in [-0.05, 0) is 5.56 Å². The zero-order valence-electron chi connectivity index (χ0n) is 8.73. The number of hydrogen-bond donors (Lipinski definition) is 0. The van der Waals surface area contributed by atoms with Gasteiger partial charge < -0.3 is 4.74 Å². The molecule has 17 heavy (non-hydrogen) atoms. The van der Waals surface area contributed by atoms with Crippen LogP contribution >= 0.6 is 0 Å². The molecule has 0 fully saturated rings. The van der Waals surface area contributed by atoms with E-state index in [-0.39, 0.29) is 5.56 Å². The molecule has 1 nitrogen and oxygen atoms in total. The number of benzene rings is 1. The first-order valence-corrected chi connectivity index (χ1v) is 4.70. The zero-order chi connectivity index (χ0) is 12.6. The minimum atomic E-state index is -1.88. The summed E-state index contributed by atoms with van der Waals surface area (Å²) < 4.78 is 57.7. The van der Waals surface area contributed by atoms with Crippen molar-refractivity contribution in [3.8, 4) is 16.9 Å². The second kappa shape index (κ2) is 4.16. The first-order chi connectivity index (χ1) is 8.07. The van der Waals surface area contributed by atoms with Gasteiger partial charge in [-0.1, -0.05) is 5.56 Å². The van der Waals surface area contributed by atoms with Crippen LogP contribution in [-0.2, 0) is 0 Å². The molecule has 0 heterocycles. The summed E-state index contributed by atoms with van der Waals surface area (Å²) in [6.45, 7) is 0. The maximum absolute atomic E-state index is 13.6. The van der Waals surface area contributed by atoms with Crippen LogP contribution < -0.4 is 4.74 Å². The fourth-order valence-electron chi connectivity index (χ4n) is 1.60. The van der Waals surface area contributed by atoms with E-state index < -0.39 is 34.6 Å². The molecule has 0 atom stereocenters. The van der Waals surface area contributed by atoms with Crippen LogP contribution in [-0.4, -0.2) is 7.11 Å². The van der Waals surface area contributed by atoms with E-state index in [0.717, 1.165) is 7.11 Å². The lowest BCUT2D eigenvalue weighted by Gasteiger charge is -2.17. The summed E-state index contributed by atoms with van der Waals surface area (Å²) in [5.74, 6) is -7.38. The van der Waals surface area contributed by atoms with E-state index >= 15 is 0 Å². The molecule has 2 rings (SSSR count). The number of hydrogen-bond acceptors (Lipinski definition) is 1. The highest BCUT2D eigenvalue weighted by molar-refractivity contribution is 5.72. The third-order valence-corrected chi connectivity index (χ3v) is 2.38. The molecule has 0 amide bonds. The van der Waals surface area contributed by atoms with Gasteiger partial charge in [-0.25, -0.2) is 17.6 Å². The first-order valence-electron chi connectivity index (χ1n) is 4.70. The Morgan fingerprint density at radius 3 is 1.94 bits per heavy atom. The minimum absolute atomic E-state index is 0.220. The molecule has 0 aromatic heterocycles. The van der Waals surface area contributed by atoms with E-state index in [2.05, 4.69) is 4.74 Å². The number of rotatable bonds is 2. The van der Waals surface area contributed by atoms with Crippen LogP contribution in [0.4, 0.5) is 17.6 Å². The van der Waals surface area contributed by atoms with Gasteiger partial charge in [0.2, 0.25) is 0 Å². The molecule has 90 valence electrons. The lowest BCUT2D eigenvalue weighted by molar-refractivity contribution is 0.348. The van der Waals surface area contributed by atoms with Crippen LogP contribution in [0.1, 0.15) is 0 Å². The molecular formula is C12H7F4O-. The van der Waals surface area contributed by atoms with Crippen LogP contribution in [0.3, 0.4) is 0 Å². The van der Waals surface area contributed by atoms with Crippen molar-refractivity contribution in [1.29, 1.82) is 0 Å². The predicted molar refractivity (Wildman–Crippen MR) is 53.9 cm³/mol. The average molecular weight is 243 g/mol. The number of halogens is 4. The van der Waals surface area contributed by atoms with Crippen LogP contribution in [0.25, 0.3) is 11.1 Å². The van der Waals surface area contributed by atoms with Gasteiger partial charge in [0.05, 0.1) is 7.11 Å². The molecular weight excluding hydrogens is 236 g/mol. The Bertz CT molecular complexity index is 546. The molecule has 0 bridgehead atoms. The van der Waals surface area contributed by atoms with Gasteiger partial charge in [0.15, 0.2) is 17.5 Å². The summed E-state index contributed by atoms with van der Waals surface area (Å²) in [4.78, 5) is 0. The number of ether oxygens (including phenoxy) is 1. The Kier molecular flexibility index (Phi) is 2.83. The summed E-state index contributed by atoms with van der Waals surface area (Å²) in [5, 5.41) is 0. The molecule has 0 radical (unpaired) electrons. The van der Waals surface area contributed by atoms with Gasteiger partial charge in [0.1, 0.15) is 11.6 Å². The molecule has 0 aliphatic rings. The topological polar surface area (TPSA) is 9.23 Å². The van der Waals surface area contributed by atoms with Crippen molar-refractivity contribution >= 4 is 0 Å². The summed E-state index contributed by atoms with van der Waals surface area (Å²) in [5.41, 5.74) is -0.203. The molecule has 0 aliphatic carbocycles. The smallest absolute Gasteiger partial charge is 0.185 e. The van der Waals surface area contributed by atoms with Gasteiger partial charge >= 0.3 is 0 Å². The first kappa shape index (κ1) is 11.6. The molecule has 0 saturated heterocycles. The largest absolute Gasteiger partial charge is 0.528 e. The predicted octanol–water partition coefficient (Wildman–Crippen LogP) is 3.64. The van der Waals surface area contributed by atoms with Crippen molar-refractivity contribution in [2.24, 2.45) is 0 Å². The minimum Gasteiger partial charge on any atom is -0.528 e. The standard InChI is InChI=1S/C12H7F4O/c1-17-12-7(6-4-2-3-5-6)8(13)9(14)10(15)11(12)16/h2-5H,1H3/q-1. The van der Waals surface area contributed by atoms with Crippen molar-refractivity contribution in [3.05, 3.63) is 47.5 Å². The fourth-order valence-corrected chi connectivity index (χ4v) is 1.60. The maximum Gasteiger partial charge on any atom is 0.185 e. The van der Waals surface area contributed by atoms with Crippen LogP contribution in [0.15, 0.2) is 24.3 Å². The highest BCUT2D eigenvalue weighted by Crippen LogP contribution is 2.37. The van der Waals surface area contributed by atoms with Gasteiger partial charge in [-0.3, -0.25) is 0 Å². The normalized spacial score (nSPS) is 10.6. The lowest BCUT2D eigenvalue weighted by Crippen LogP contribution is -2.03. The summed E-state index contributed by atoms with van der Waals surface area (Å²) in [6.07, 6.45) is 0. The highest BCUT2D eigenvalue weighted by Gasteiger charge is 2.21. The molecule has 2 aromatic carbocycles. The molecule has 5 heteroatoms. The fraction of sp³-hybridized carbons (Fsp3) is 0.0833. The summed E-state index contributed by atoms with van der Waals surface area (Å²) in [7, 11) is 1.06. The third-order valence-electron chi connectivity index (χ3n) is 2.38. The highest BCUT2D eigenvalue weighted by atomic mass is 19.2. The second-order valence-electron chi connectivity index (χ2n) is 3.34. The van der Waals surface area contributed by atoms with E-state index in [1.54, 1.807) is 12.1 Å². The Balaban J connectivity index is 2.82. The van der Waals surface area contributed by atoms with E-state index in [1.165, 1.54) is 12.1 Å². The van der Waals surface area contributed by atoms with Gasteiger partial charge in [-0.2, -0.15) is 12.1 Å². The maximum atomic E-state index is 13.6. The van der Waals surface area contributed by atoms with E-state index in [4.69, 9.17) is 0 Å². The Morgan fingerprint density at radius 2 is 1.41 bits per heavy atom. The van der Waals surface area contributed by atoms with Crippen molar-refractivity contribution in [3.63, 3.8) is 0 Å². The van der Waals surface area contributed by atoms with Gasteiger partial charge in [0.25, 0.3) is 0 Å². The molecule has 0 saturated carbocycles. The van der Waals surface area contributed by atoms with Crippen molar-refractivity contribution in [2.45, 2.75) is 0 Å². The second-order valence-corrected chi connectivity index (χ2v) is 3.34. The van der Waals surface area contributed by atoms with Crippen LogP contribution in [0.2, 0.25) is 0 Å². The van der Waals surface area contributed by atoms with Crippen molar-refractivity contribution in [2.75, 3.05) is 7.11 Å². The Labute approximate surface area is 94.6 Å². The van der Waals surface area contributed by atoms with Crippen LogP contribution in [0.5, 0.6) is 5.75 Å². The van der Waals surface area contributed by atoms with Crippen LogP contribution in [0, 0.1) is 23.3 Å². The Morgan fingerprint density at radius 1 is 0.882 bits per heavy atom. The molecule has 0 unspecified atom stereocenters. The van der Waals surface area contributed by atoms with E-state index in [9.17, 15) is 17.6 Å². The molecule has 0 spiro atoms. The monoisotopic (exact) mass is 243 g/mol.